The third-order valence-corrected chi connectivity index (χ3v) is 5.52. The summed E-state index contributed by atoms with van der Waals surface area (Å²) in [6.45, 7) is 8.49. The molecule has 1 aromatic heterocycles. The van der Waals surface area contributed by atoms with Gasteiger partial charge in [-0.25, -0.2) is 4.79 Å². The fourth-order valence-electron chi connectivity index (χ4n) is 3.76. The summed E-state index contributed by atoms with van der Waals surface area (Å²) < 4.78 is 11.1. The van der Waals surface area contributed by atoms with E-state index in [1.807, 2.05) is 25.7 Å². The van der Waals surface area contributed by atoms with Gasteiger partial charge in [0.25, 0.3) is 5.91 Å². The Morgan fingerprint density at radius 1 is 1.26 bits per heavy atom. The van der Waals surface area contributed by atoms with Gasteiger partial charge in [-0.2, -0.15) is 0 Å². The van der Waals surface area contributed by atoms with E-state index in [-0.39, 0.29) is 17.9 Å². The fourth-order valence-corrected chi connectivity index (χ4v) is 3.76. The average molecular weight is 434 g/mol. The molecule has 1 aliphatic carbocycles. The van der Waals surface area contributed by atoms with Gasteiger partial charge >= 0.3 is 6.09 Å². The predicted molar refractivity (Wildman–Crippen MR) is 118 cm³/mol. The van der Waals surface area contributed by atoms with Crippen LogP contribution in [0.25, 0.3) is 0 Å². The molecule has 3 rings (SSSR count). The molecule has 0 unspecified atom stereocenters. The molecule has 1 aromatic rings. The summed E-state index contributed by atoms with van der Waals surface area (Å²) in [5.74, 6) is 1.55. The van der Waals surface area contributed by atoms with E-state index in [2.05, 4.69) is 15.2 Å². The zero-order chi connectivity index (χ0) is 22.6. The van der Waals surface area contributed by atoms with Gasteiger partial charge < -0.3 is 30.0 Å². The van der Waals surface area contributed by atoms with Gasteiger partial charge in [0.15, 0.2) is 11.7 Å². The average Bonchev–Trinajstić information content (AvgIpc) is 3.40. The van der Waals surface area contributed by atoms with Crippen molar-refractivity contribution in [2.24, 2.45) is 16.6 Å². The maximum Gasteiger partial charge on any atom is 0.410 e. The number of nitrogens with one attached hydrogen (secondary N) is 1. The van der Waals surface area contributed by atoms with Gasteiger partial charge in [-0.15, -0.1) is 0 Å². The number of aliphatic imine (C=N–C) groups is 1. The highest BCUT2D eigenvalue weighted by atomic mass is 16.6. The lowest BCUT2D eigenvalue weighted by atomic mass is 10.0. The molecule has 2 fully saturated rings. The Bertz CT molecular complexity index is 801. The molecule has 31 heavy (non-hydrogen) atoms. The van der Waals surface area contributed by atoms with E-state index in [1.165, 1.54) is 12.8 Å². The first-order chi connectivity index (χ1) is 14.7. The van der Waals surface area contributed by atoms with Crippen LogP contribution in [0, 0.1) is 5.92 Å². The molecule has 9 nitrogen and oxygen atoms in total. The van der Waals surface area contributed by atoms with Crippen molar-refractivity contribution in [2.45, 2.75) is 64.6 Å². The normalized spacial score (nSPS) is 18.1. The fraction of sp³-hybridized carbons (Fsp3) is 0.682. The van der Waals surface area contributed by atoms with E-state index in [4.69, 9.17) is 14.9 Å². The van der Waals surface area contributed by atoms with E-state index >= 15 is 0 Å². The van der Waals surface area contributed by atoms with Crippen LogP contribution in [0.4, 0.5) is 4.79 Å². The quantitative estimate of drug-likeness (QED) is 0.527. The Labute approximate surface area is 184 Å². The molecule has 1 saturated carbocycles. The number of piperidine rings is 1. The molecule has 0 radical (unpaired) electrons. The van der Waals surface area contributed by atoms with Gasteiger partial charge in [0.2, 0.25) is 0 Å². The van der Waals surface area contributed by atoms with Crippen LogP contribution >= 0.6 is 0 Å². The molecular formula is C22H35N5O4. The number of primary amides is 1. The zero-order valence-corrected chi connectivity index (χ0v) is 19.0. The van der Waals surface area contributed by atoms with Crippen molar-refractivity contribution in [3.63, 3.8) is 0 Å². The first-order valence-electron chi connectivity index (χ1n) is 11.0. The third-order valence-electron chi connectivity index (χ3n) is 5.52. The molecule has 0 atom stereocenters. The monoisotopic (exact) mass is 433 g/mol. The second-order valence-corrected chi connectivity index (χ2v) is 9.33. The number of likely N-dealkylation sites (tertiary alicyclic amines) is 1. The number of rotatable bonds is 6. The van der Waals surface area contributed by atoms with Crippen LogP contribution in [0.15, 0.2) is 21.5 Å². The van der Waals surface area contributed by atoms with Gasteiger partial charge in [-0.05, 0) is 64.5 Å². The zero-order valence-electron chi connectivity index (χ0n) is 19.0. The molecule has 0 spiro atoms. The number of furan rings is 1. The van der Waals surface area contributed by atoms with Crippen LogP contribution in [-0.4, -0.2) is 66.1 Å². The number of carbonyl (C=O) groups excluding carboxylic acids is 2. The van der Waals surface area contributed by atoms with E-state index in [0.717, 1.165) is 38.4 Å². The number of carbonyl (C=O) groups is 2. The molecular weight excluding hydrogens is 398 g/mol. The molecule has 2 aliphatic rings. The van der Waals surface area contributed by atoms with E-state index in [1.54, 1.807) is 19.2 Å². The van der Waals surface area contributed by atoms with Gasteiger partial charge in [0.1, 0.15) is 11.4 Å². The molecule has 172 valence electrons. The number of amides is 2. The lowest BCUT2D eigenvalue weighted by Gasteiger charge is -2.40. The molecule has 3 N–H and O–H groups in total. The van der Waals surface area contributed by atoms with Crippen molar-refractivity contribution in [3.8, 4) is 0 Å². The summed E-state index contributed by atoms with van der Waals surface area (Å²) >= 11 is 0. The second kappa shape index (κ2) is 9.62. The minimum atomic E-state index is -0.585. The molecule has 1 saturated heterocycles. The Hall–Kier alpha value is -2.71. The first-order valence-corrected chi connectivity index (χ1v) is 11.0. The van der Waals surface area contributed by atoms with Gasteiger partial charge in [0, 0.05) is 32.7 Å². The smallest absolute Gasteiger partial charge is 0.410 e. The molecule has 9 heteroatoms. The number of guanidine groups is 1. The Morgan fingerprint density at radius 3 is 2.45 bits per heavy atom. The van der Waals surface area contributed by atoms with E-state index < -0.39 is 11.5 Å². The summed E-state index contributed by atoms with van der Waals surface area (Å²) in [4.78, 5) is 32.5. The van der Waals surface area contributed by atoms with Crippen LogP contribution < -0.4 is 11.1 Å². The maximum atomic E-state index is 12.8. The Morgan fingerprint density at radius 2 is 1.94 bits per heavy atom. The highest BCUT2D eigenvalue weighted by Crippen LogP contribution is 2.32. The summed E-state index contributed by atoms with van der Waals surface area (Å²) in [6.07, 6.45) is 3.90. The topological polar surface area (TPSA) is 113 Å². The largest absolute Gasteiger partial charge is 0.454 e. The maximum absolute atomic E-state index is 12.8. The SMILES string of the molecule is CN=C(NCc1ccc(C(N)=O)o1)N1CCC(N(CC2CC2)C(=O)OC(C)(C)C)CC1. The van der Waals surface area contributed by atoms with Crippen molar-refractivity contribution in [3.05, 3.63) is 23.7 Å². The lowest BCUT2D eigenvalue weighted by molar-refractivity contribution is 0.00927. The van der Waals surface area contributed by atoms with Crippen molar-refractivity contribution in [1.29, 1.82) is 0 Å². The highest BCUT2D eigenvalue weighted by Gasteiger charge is 2.35. The second-order valence-electron chi connectivity index (χ2n) is 9.33. The van der Waals surface area contributed by atoms with E-state index in [9.17, 15) is 9.59 Å². The highest BCUT2D eigenvalue weighted by molar-refractivity contribution is 5.89. The number of hydrogen-bond acceptors (Lipinski definition) is 5. The Balaban J connectivity index is 1.54. The predicted octanol–water partition coefficient (Wildman–Crippen LogP) is 2.57. The molecule has 1 aliphatic heterocycles. The lowest BCUT2D eigenvalue weighted by Crippen LogP contribution is -2.52. The van der Waals surface area contributed by atoms with Crippen molar-refractivity contribution < 1.29 is 18.7 Å². The first kappa shape index (κ1) is 23.0. The molecule has 2 amide bonds. The standard InChI is InChI=1S/C22H35N5O4/c1-22(2,3)31-21(29)27(14-15-5-6-15)16-9-11-26(12-10-16)20(24-4)25-13-17-7-8-18(30-17)19(23)28/h7-8,15-16H,5-6,9-14H2,1-4H3,(H2,23,28)(H,24,25). The van der Waals surface area contributed by atoms with Crippen LogP contribution in [0.2, 0.25) is 0 Å². The summed E-state index contributed by atoms with van der Waals surface area (Å²) in [5, 5.41) is 3.27. The number of hydrogen-bond donors (Lipinski definition) is 2. The summed E-state index contributed by atoms with van der Waals surface area (Å²) in [7, 11) is 1.74. The minimum Gasteiger partial charge on any atom is -0.454 e. The van der Waals surface area contributed by atoms with Crippen molar-refractivity contribution >= 4 is 18.0 Å². The number of ether oxygens (including phenoxy) is 1. The molecule has 0 bridgehead atoms. The molecule has 2 heterocycles. The molecule has 0 aromatic carbocycles. The van der Waals surface area contributed by atoms with Crippen LogP contribution in [0.1, 0.15) is 62.8 Å². The van der Waals surface area contributed by atoms with Crippen LogP contribution in [0.3, 0.4) is 0 Å². The third kappa shape index (κ3) is 6.63. The number of nitrogens with two attached hydrogens (primary N) is 1. The van der Waals surface area contributed by atoms with Gasteiger partial charge in [0.05, 0.1) is 6.54 Å². The van der Waals surface area contributed by atoms with Gasteiger partial charge in [-0.3, -0.25) is 9.79 Å². The summed E-state index contributed by atoms with van der Waals surface area (Å²) in [6, 6.07) is 3.47. The number of nitrogens with zero attached hydrogens (tertiary/aromatic N) is 3. The summed E-state index contributed by atoms with van der Waals surface area (Å²) in [5.41, 5.74) is 4.74. The van der Waals surface area contributed by atoms with Crippen molar-refractivity contribution in [1.82, 2.24) is 15.1 Å². The van der Waals surface area contributed by atoms with Gasteiger partial charge in [-0.1, -0.05) is 0 Å². The van der Waals surface area contributed by atoms with Crippen LogP contribution in [0.5, 0.6) is 0 Å². The Kier molecular flexibility index (Phi) is 7.12. The minimum absolute atomic E-state index is 0.144. The van der Waals surface area contributed by atoms with Crippen LogP contribution in [-0.2, 0) is 11.3 Å². The van der Waals surface area contributed by atoms with Crippen molar-refractivity contribution in [2.75, 3.05) is 26.7 Å². The van der Waals surface area contributed by atoms with E-state index in [0.29, 0.717) is 18.2 Å².